The third kappa shape index (κ3) is 2.48. The summed E-state index contributed by atoms with van der Waals surface area (Å²) in [5.74, 6) is -0.415. The highest BCUT2D eigenvalue weighted by atomic mass is 19.4. The van der Waals surface area contributed by atoms with E-state index < -0.39 is 24.7 Å². The van der Waals surface area contributed by atoms with Crippen LogP contribution in [-0.2, 0) is 4.79 Å². The zero-order chi connectivity index (χ0) is 12.5. The molecule has 1 aromatic rings. The number of carbonyl (C=O) groups is 1. The molecular formula is C10H10F3N3O. The molecule has 17 heavy (non-hydrogen) atoms. The first-order valence-electron chi connectivity index (χ1n) is 4.98. The van der Waals surface area contributed by atoms with E-state index in [-0.39, 0.29) is 6.54 Å². The van der Waals surface area contributed by atoms with Crippen LogP contribution in [0, 0.1) is 0 Å². The molecule has 1 N–H and O–H groups in total. The summed E-state index contributed by atoms with van der Waals surface area (Å²) >= 11 is 0. The fraction of sp³-hybridized carbons (Fsp3) is 0.400. The summed E-state index contributed by atoms with van der Waals surface area (Å²) in [6, 6.07) is 1.22. The maximum Gasteiger partial charge on any atom is 0.410 e. The summed E-state index contributed by atoms with van der Waals surface area (Å²) < 4.78 is 38.4. The standard InChI is InChI=1S/C10H10F3N3O/c11-10(12,13)8-5-15-9(17)6-16(8)7-1-3-14-4-2-7/h1-4,8H,5-6H2,(H,15,17). The second-order valence-electron chi connectivity index (χ2n) is 3.69. The van der Waals surface area contributed by atoms with Gasteiger partial charge in [-0.25, -0.2) is 0 Å². The minimum absolute atomic E-state index is 0.297. The Bertz CT molecular complexity index is 407. The van der Waals surface area contributed by atoms with Crippen LogP contribution in [0.15, 0.2) is 24.5 Å². The normalized spacial score (nSPS) is 21.2. The number of aromatic nitrogens is 1. The molecule has 2 rings (SSSR count). The lowest BCUT2D eigenvalue weighted by atomic mass is 10.1. The Balaban J connectivity index is 2.30. The first-order chi connectivity index (χ1) is 7.98. The zero-order valence-corrected chi connectivity index (χ0v) is 8.74. The van der Waals surface area contributed by atoms with E-state index in [0.29, 0.717) is 5.69 Å². The second-order valence-corrected chi connectivity index (χ2v) is 3.69. The van der Waals surface area contributed by atoms with Crippen LogP contribution in [0.2, 0.25) is 0 Å². The van der Waals surface area contributed by atoms with Gasteiger partial charge in [-0.15, -0.1) is 0 Å². The van der Waals surface area contributed by atoms with Crippen molar-refractivity contribution in [3.8, 4) is 0 Å². The van der Waals surface area contributed by atoms with Crippen molar-refractivity contribution in [1.29, 1.82) is 0 Å². The third-order valence-electron chi connectivity index (χ3n) is 2.55. The molecule has 0 spiro atoms. The Labute approximate surface area is 95.4 Å². The van der Waals surface area contributed by atoms with Crippen LogP contribution in [0.1, 0.15) is 0 Å². The molecule has 4 nitrogen and oxygen atoms in total. The summed E-state index contributed by atoms with van der Waals surface area (Å²) in [6.45, 7) is -0.723. The van der Waals surface area contributed by atoms with E-state index in [1.54, 1.807) is 0 Å². The number of alkyl halides is 3. The van der Waals surface area contributed by atoms with Crippen LogP contribution < -0.4 is 10.2 Å². The molecule has 1 atom stereocenters. The molecule has 1 aromatic heterocycles. The van der Waals surface area contributed by atoms with Gasteiger partial charge in [0.25, 0.3) is 0 Å². The van der Waals surface area contributed by atoms with Gasteiger partial charge in [-0.3, -0.25) is 9.78 Å². The number of carbonyl (C=O) groups excluding carboxylic acids is 1. The quantitative estimate of drug-likeness (QED) is 0.801. The van der Waals surface area contributed by atoms with E-state index in [1.807, 2.05) is 0 Å². The number of rotatable bonds is 1. The number of anilines is 1. The number of pyridine rings is 1. The number of piperazine rings is 1. The van der Waals surface area contributed by atoms with E-state index >= 15 is 0 Å². The van der Waals surface area contributed by atoms with Gasteiger partial charge in [-0.05, 0) is 12.1 Å². The summed E-state index contributed by atoms with van der Waals surface area (Å²) in [7, 11) is 0. The van der Waals surface area contributed by atoms with E-state index in [0.717, 1.165) is 4.90 Å². The van der Waals surface area contributed by atoms with Crippen LogP contribution in [0.4, 0.5) is 18.9 Å². The smallest absolute Gasteiger partial charge is 0.352 e. The van der Waals surface area contributed by atoms with Gasteiger partial charge in [0.15, 0.2) is 0 Å². The first kappa shape index (κ1) is 11.7. The van der Waals surface area contributed by atoms with Crippen molar-refractivity contribution >= 4 is 11.6 Å². The molecule has 1 unspecified atom stereocenters. The maximum absolute atomic E-state index is 12.8. The van der Waals surface area contributed by atoms with Crippen LogP contribution in [0.5, 0.6) is 0 Å². The van der Waals surface area contributed by atoms with Crippen LogP contribution >= 0.6 is 0 Å². The van der Waals surface area contributed by atoms with Gasteiger partial charge in [0.1, 0.15) is 6.04 Å². The second kappa shape index (κ2) is 4.23. The summed E-state index contributed by atoms with van der Waals surface area (Å²) in [6.07, 6.45) is -1.58. The van der Waals surface area contributed by atoms with Crippen molar-refractivity contribution in [3.05, 3.63) is 24.5 Å². The highest BCUT2D eigenvalue weighted by molar-refractivity contribution is 5.83. The molecule has 1 amide bonds. The Morgan fingerprint density at radius 3 is 2.59 bits per heavy atom. The lowest BCUT2D eigenvalue weighted by Gasteiger charge is -2.37. The highest BCUT2D eigenvalue weighted by Gasteiger charge is 2.46. The predicted molar refractivity (Wildman–Crippen MR) is 54.4 cm³/mol. The molecule has 1 aliphatic heterocycles. The molecule has 2 heterocycles. The number of halogens is 3. The number of hydrogen-bond donors (Lipinski definition) is 1. The summed E-state index contributed by atoms with van der Waals surface area (Å²) in [5, 5.41) is 2.22. The third-order valence-corrected chi connectivity index (χ3v) is 2.55. The zero-order valence-electron chi connectivity index (χ0n) is 8.74. The predicted octanol–water partition coefficient (Wildman–Crippen LogP) is 0.949. The van der Waals surface area contributed by atoms with Gasteiger partial charge in [0.05, 0.1) is 6.54 Å². The van der Waals surface area contributed by atoms with Crippen molar-refractivity contribution in [1.82, 2.24) is 10.3 Å². The van der Waals surface area contributed by atoms with E-state index in [4.69, 9.17) is 0 Å². The first-order valence-corrected chi connectivity index (χ1v) is 4.98. The van der Waals surface area contributed by atoms with Gasteiger partial charge >= 0.3 is 6.18 Å². The molecule has 1 fully saturated rings. The average molecular weight is 245 g/mol. The van der Waals surface area contributed by atoms with Crippen molar-refractivity contribution in [3.63, 3.8) is 0 Å². The van der Waals surface area contributed by atoms with Gasteiger partial charge in [0, 0.05) is 24.6 Å². The van der Waals surface area contributed by atoms with Gasteiger partial charge < -0.3 is 10.2 Å². The Morgan fingerprint density at radius 2 is 2.00 bits per heavy atom. The van der Waals surface area contributed by atoms with Crippen LogP contribution in [0.25, 0.3) is 0 Å². The molecule has 1 aliphatic rings. The minimum atomic E-state index is -4.38. The average Bonchev–Trinajstić information content (AvgIpc) is 2.28. The molecular weight excluding hydrogens is 235 g/mol. The van der Waals surface area contributed by atoms with Crippen LogP contribution in [0.3, 0.4) is 0 Å². The van der Waals surface area contributed by atoms with Crippen LogP contribution in [-0.4, -0.2) is 36.2 Å². The molecule has 92 valence electrons. The Hall–Kier alpha value is -1.79. The lowest BCUT2D eigenvalue weighted by Crippen LogP contribution is -2.60. The fourth-order valence-corrected chi connectivity index (χ4v) is 1.74. The largest absolute Gasteiger partial charge is 0.410 e. The van der Waals surface area contributed by atoms with E-state index in [1.165, 1.54) is 24.5 Å². The Morgan fingerprint density at radius 1 is 1.35 bits per heavy atom. The van der Waals surface area contributed by atoms with Crippen molar-refractivity contribution in [2.45, 2.75) is 12.2 Å². The van der Waals surface area contributed by atoms with Gasteiger partial charge in [0.2, 0.25) is 5.91 Å². The van der Waals surface area contributed by atoms with E-state index in [2.05, 4.69) is 10.3 Å². The van der Waals surface area contributed by atoms with Crippen molar-refractivity contribution in [2.24, 2.45) is 0 Å². The topological polar surface area (TPSA) is 45.2 Å². The van der Waals surface area contributed by atoms with Gasteiger partial charge in [-0.2, -0.15) is 13.2 Å². The monoisotopic (exact) mass is 245 g/mol. The lowest BCUT2D eigenvalue weighted by molar-refractivity contribution is -0.153. The SMILES string of the molecule is O=C1CN(c2ccncc2)C(C(F)(F)F)CN1. The summed E-state index contributed by atoms with van der Waals surface area (Å²) in [5.41, 5.74) is 0.345. The number of nitrogens with zero attached hydrogens (tertiary/aromatic N) is 2. The van der Waals surface area contributed by atoms with Crippen molar-refractivity contribution < 1.29 is 18.0 Å². The fourth-order valence-electron chi connectivity index (χ4n) is 1.74. The molecule has 0 bridgehead atoms. The van der Waals surface area contributed by atoms with E-state index in [9.17, 15) is 18.0 Å². The van der Waals surface area contributed by atoms with Crippen molar-refractivity contribution in [2.75, 3.05) is 18.0 Å². The molecule has 0 saturated carbocycles. The number of hydrogen-bond acceptors (Lipinski definition) is 3. The number of nitrogens with one attached hydrogen (secondary N) is 1. The molecule has 0 radical (unpaired) electrons. The summed E-state index contributed by atoms with van der Waals surface area (Å²) in [4.78, 5) is 16.0. The highest BCUT2D eigenvalue weighted by Crippen LogP contribution is 2.29. The Kier molecular flexibility index (Phi) is 2.91. The molecule has 0 aliphatic carbocycles. The molecule has 7 heteroatoms. The molecule has 1 saturated heterocycles. The van der Waals surface area contributed by atoms with Gasteiger partial charge in [-0.1, -0.05) is 0 Å². The number of amides is 1. The minimum Gasteiger partial charge on any atom is -0.352 e. The maximum atomic E-state index is 12.8. The molecule has 0 aromatic carbocycles.